The highest BCUT2D eigenvalue weighted by atomic mass is 32.2. The monoisotopic (exact) mass is 261 g/mol. The van der Waals surface area contributed by atoms with Crippen molar-refractivity contribution in [2.75, 3.05) is 12.8 Å². The fourth-order valence-corrected chi connectivity index (χ4v) is 2.85. The van der Waals surface area contributed by atoms with Crippen LogP contribution in [0, 0.1) is 5.82 Å². The summed E-state index contributed by atoms with van der Waals surface area (Å²) in [6, 6.07) is 17.3. The second-order valence-electron chi connectivity index (χ2n) is 3.99. The van der Waals surface area contributed by atoms with Crippen LogP contribution in [-0.4, -0.2) is 12.8 Å². The van der Waals surface area contributed by atoms with Crippen molar-refractivity contribution in [2.24, 2.45) is 0 Å². The molecule has 18 heavy (non-hydrogen) atoms. The van der Waals surface area contributed by atoms with Gasteiger partial charge in [-0.2, -0.15) is 0 Å². The number of rotatable bonds is 5. The van der Waals surface area contributed by atoms with E-state index in [1.807, 2.05) is 37.4 Å². The second-order valence-corrected chi connectivity index (χ2v) is 5.06. The second kappa shape index (κ2) is 6.57. The van der Waals surface area contributed by atoms with Crippen LogP contribution in [0.1, 0.15) is 11.6 Å². The first kappa shape index (κ1) is 13.1. The van der Waals surface area contributed by atoms with E-state index in [0.29, 0.717) is 4.90 Å². The van der Waals surface area contributed by atoms with Crippen molar-refractivity contribution in [1.29, 1.82) is 0 Å². The summed E-state index contributed by atoms with van der Waals surface area (Å²) in [5.74, 6) is 0.659. The number of benzene rings is 2. The van der Waals surface area contributed by atoms with Gasteiger partial charge in [-0.1, -0.05) is 42.5 Å². The summed E-state index contributed by atoms with van der Waals surface area (Å²) >= 11 is 1.54. The molecule has 0 aliphatic heterocycles. The standard InChI is InChI=1S/C15H16FNS/c1-17-14(12-7-3-2-4-8-12)11-18-15-10-6-5-9-13(15)16/h2-10,14,17H,11H2,1H3. The van der Waals surface area contributed by atoms with Crippen LogP contribution >= 0.6 is 11.8 Å². The van der Waals surface area contributed by atoms with Gasteiger partial charge in [-0.3, -0.25) is 0 Å². The van der Waals surface area contributed by atoms with Gasteiger partial charge in [0, 0.05) is 16.7 Å². The molecule has 0 saturated carbocycles. The number of thioether (sulfide) groups is 1. The maximum absolute atomic E-state index is 13.5. The lowest BCUT2D eigenvalue weighted by Gasteiger charge is -2.16. The molecule has 1 N–H and O–H groups in total. The minimum absolute atomic E-state index is 0.148. The van der Waals surface area contributed by atoms with Crippen molar-refractivity contribution in [2.45, 2.75) is 10.9 Å². The highest BCUT2D eigenvalue weighted by Crippen LogP contribution is 2.26. The Morgan fingerprint density at radius 3 is 2.39 bits per heavy atom. The Balaban J connectivity index is 2.02. The summed E-state index contributed by atoms with van der Waals surface area (Å²) in [5.41, 5.74) is 1.23. The Labute approximate surface area is 111 Å². The molecule has 0 aliphatic carbocycles. The summed E-state index contributed by atoms with van der Waals surface area (Å²) in [6.45, 7) is 0. The van der Waals surface area contributed by atoms with Crippen molar-refractivity contribution in [3.8, 4) is 0 Å². The van der Waals surface area contributed by atoms with E-state index in [1.54, 1.807) is 6.07 Å². The molecule has 0 aromatic heterocycles. The first-order chi connectivity index (χ1) is 8.81. The lowest BCUT2D eigenvalue weighted by atomic mass is 10.1. The average Bonchev–Trinajstić information content (AvgIpc) is 2.42. The van der Waals surface area contributed by atoms with Crippen molar-refractivity contribution in [3.63, 3.8) is 0 Å². The lowest BCUT2D eigenvalue weighted by molar-refractivity contribution is 0.601. The zero-order chi connectivity index (χ0) is 12.8. The summed E-state index contributed by atoms with van der Waals surface area (Å²) in [6.07, 6.45) is 0. The molecule has 0 bridgehead atoms. The minimum atomic E-state index is -0.148. The van der Waals surface area contributed by atoms with Gasteiger partial charge in [0.2, 0.25) is 0 Å². The summed E-state index contributed by atoms with van der Waals surface area (Å²) in [7, 11) is 1.93. The topological polar surface area (TPSA) is 12.0 Å². The van der Waals surface area contributed by atoms with Gasteiger partial charge in [-0.25, -0.2) is 4.39 Å². The SMILES string of the molecule is CNC(CSc1ccccc1F)c1ccccc1. The molecule has 1 atom stereocenters. The van der Waals surface area contributed by atoms with E-state index in [2.05, 4.69) is 17.4 Å². The first-order valence-corrected chi connectivity index (χ1v) is 6.89. The van der Waals surface area contributed by atoms with Gasteiger partial charge in [-0.15, -0.1) is 11.8 Å². The fourth-order valence-electron chi connectivity index (χ4n) is 1.77. The van der Waals surface area contributed by atoms with Crippen LogP contribution in [0.25, 0.3) is 0 Å². The molecule has 0 fully saturated rings. The van der Waals surface area contributed by atoms with E-state index in [4.69, 9.17) is 0 Å². The number of hydrogen-bond donors (Lipinski definition) is 1. The van der Waals surface area contributed by atoms with Gasteiger partial charge in [-0.05, 0) is 24.7 Å². The molecule has 2 aromatic carbocycles. The molecule has 0 amide bonds. The smallest absolute Gasteiger partial charge is 0.136 e. The Morgan fingerprint density at radius 1 is 1.06 bits per heavy atom. The zero-order valence-corrected chi connectivity index (χ0v) is 11.1. The van der Waals surface area contributed by atoms with Crippen LogP contribution in [0.4, 0.5) is 4.39 Å². The van der Waals surface area contributed by atoms with E-state index in [0.717, 1.165) is 5.75 Å². The third kappa shape index (κ3) is 3.34. The van der Waals surface area contributed by atoms with E-state index in [-0.39, 0.29) is 11.9 Å². The van der Waals surface area contributed by atoms with Crippen LogP contribution < -0.4 is 5.32 Å². The Hall–Kier alpha value is -1.32. The molecule has 94 valence electrons. The Kier molecular flexibility index (Phi) is 4.79. The van der Waals surface area contributed by atoms with Crippen molar-refractivity contribution in [1.82, 2.24) is 5.32 Å². The van der Waals surface area contributed by atoms with Gasteiger partial charge in [0.1, 0.15) is 5.82 Å². The Bertz CT molecular complexity index is 487. The molecule has 2 rings (SSSR count). The van der Waals surface area contributed by atoms with Gasteiger partial charge < -0.3 is 5.32 Å². The quantitative estimate of drug-likeness (QED) is 0.820. The normalized spacial score (nSPS) is 12.3. The summed E-state index contributed by atoms with van der Waals surface area (Å²) < 4.78 is 13.5. The highest BCUT2D eigenvalue weighted by molar-refractivity contribution is 7.99. The predicted octanol–water partition coefficient (Wildman–Crippen LogP) is 3.88. The largest absolute Gasteiger partial charge is 0.312 e. The molecule has 0 heterocycles. The minimum Gasteiger partial charge on any atom is -0.312 e. The first-order valence-electron chi connectivity index (χ1n) is 5.91. The number of nitrogens with one attached hydrogen (secondary N) is 1. The van der Waals surface area contributed by atoms with E-state index < -0.39 is 0 Å². The fraction of sp³-hybridized carbons (Fsp3) is 0.200. The zero-order valence-electron chi connectivity index (χ0n) is 10.3. The molecule has 0 spiro atoms. The van der Waals surface area contributed by atoms with Gasteiger partial charge >= 0.3 is 0 Å². The van der Waals surface area contributed by atoms with Crippen molar-refractivity contribution < 1.29 is 4.39 Å². The van der Waals surface area contributed by atoms with Crippen molar-refractivity contribution in [3.05, 3.63) is 66.0 Å². The summed E-state index contributed by atoms with van der Waals surface area (Å²) in [4.78, 5) is 0.702. The van der Waals surface area contributed by atoms with Gasteiger partial charge in [0.25, 0.3) is 0 Å². The van der Waals surface area contributed by atoms with Gasteiger partial charge in [0.05, 0.1) is 0 Å². The van der Waals surface area contributed by atoms with Gasteiger partial charge in [0.15, 0.2) is 0 Å². The third-order valence-electron chi connectivity index (χ3n) is 2.79. The molecule has 1 nitrogen and oxygen atoms in total. The highest BCUT2D eigenvalue weighted by Gasteiger charge is 2.10. The van der Waals surface area contributed by atoms with Crippen LogP contribution in [0.2, 0.25) is 0 Å². The number of halogens is 1. The Morgan fingerprint density at radius 2 is 1.72 bits per heavy atom. The maximum Gasteiger partial charge on any atom is 0.136 e. The molecular formula is C15H16FNS. The van der Waals surface area contributed by atoms with E-state index in [9.17, 15) is 4.39 Å². The molecule has 3 heteroatoms. The molecule has 2 aromatic rings. The van der Waals surface area contributed by atoms with Crippen LogP contribution in [0.5, 0.6) is 0 Å². The van der Waals surface area contributed by atoms with Crippen LogP contribution in [0.15, 0.2) is 59.5 Å². The molecule has 0 saturated heterocycles. The molecule has 0 aliphatic rings. The number of hydrogen-bond acceptors (Lipinski definition) is 2. The lowest BCUT2D eigenvalue weighted by Crippen LogP contribution is -2.18. The van der Waals surface area contributed by atoms with Crippen molar-refractivity contribution >= 4 is 11.8 Å². The molecule has 0 radical (unpaired) electrons. The van der Waals surface area contributed by atoms with Crippen LogP contribution in [0.3, 0.4) is 0 Å². The van der Waals surface area contributed by atoms with E-state index in [1.165, 1.54) is 23.4 Å². The third-order valence-corrected chi connectivity index (χ3v) is 3.93. The van der Waals surface area contributed by atoms with E-state index >= 15 is 0 Å². The molecule has 1 unspecified atom stereocenters. The van der Waals surface area contributed by atoms with Crippen LogP contribution in [-0.2, 0) is 0 Å². The average molecular weight is 261 g/mol. The predicted molar refractivity (Wildman–Crippen MR) is 75.4 cm³/mol. The maximum atomic E-state index is 13.5. The summed E-state index contributed by atoms with van der Waals surface area (Å²) in [5, 5.41) is 3.26. The molecular weight excluding hydrogens is 245 g/mol.